The largest absolute Gasteiger partial charge is 0.376 e. The molecule has 0 unspecified atom stereocenters. The molecule has 6 heteroatoms. The summed E-state index contributed by atoms with van der Waals surface area (Å²) in [6, 6.07) is 5.80. The van der Waals surface area contributed by atoms with E-state index in [1.165, 1.54) is 0 Å². The number of nitrogens with zero attached hydrogens (tertiary/aromatic N) is 2. The fraction of sp³-hybridized carbons (Fsp3) is 0.667. The lowest BCUT2D eigenvalue weighted by molar-refractivity contribution is -0.132. The lowest BCUT2D eigenvalue weighted by Gasteiger charge is -2.32. The predicted octanol–water partition coefficient (Wildman–Crippen LogP) is 2.33. The van der Waals surface area contributed by atoms with Gasteiger partial charge in [0.2, 0.25) is 11.8 Å². The molecule has 0 aliphatic carbocycles. The maximum absolute atomic E-state index is 12.4. The molecule has 1 aromatic heterocycles. The third-order valence-electron chi connectivity index (χ3n) is 5.62. The Labute approximate surface area is 161 Å². The highest BCUT2D eigenvalue weighted by Gasteiger charge is 2.23. The molecule has 27 heavy (non-hydrogen) atoms. The number of pyridine rings is 1. The molecule has 1 atom stereocenters. The van der Waals surface area contributed by atoms with Crippen molar-refractivity contribution in [1.82, 2.24) is 15.2 Å². The van der Waals surface area contributed by atoms with Gasteiger partial charge in [-0.2, -0.15) is 0 Å². The first kappa shape index (κ1) is 19.8. The van der Waals surface area contributed by atoms with Crippen molar-refractivity contribution in [2.24, 2.45) is 5.92 Å². The van der Waals surface area contributed by atoms with Crippen molar-refractivity contribution in [2.45, 2.75) is 57.5 Å². The van der Waals surface area contributed by atoms with Crippen molar-refractivity contribution in [3.8, 4) is 0 Å². The van der Waals surface area contributed by atoms with Crippen LogP contribution in [0.2, 0.25) is 0 Å². The number of aryl methyl sites for hydroxylation is 1. The molecule has 0 saturated carbocycles. The number of aromatic nitrogens is 1. The van der Waals surface area contributed by atoms with Crippen molar-refractivity contribution >= 4 is 11.8 Å². The van der Waals surface area contributed by atoms with Crippen molar-refractivity contribution in [1.29, 1.82) is 0 Å². The number of likely N-dealkylation sites (tertiary alicyclic amines) is 1. The van der Waals surface area contributed by atoms with Crippen LogP contribution < -0.4 is 5.32 Å². The average molecular weight is 373 g/mol. The van der Waals surface area contributed by atoms with Gasteiger partial charge in [0, 0.05) is 51.0 Å². The molecule has 148 valence electrons. The summed E-state index contributed by atoms with van der Waals surface area (Å²) < 4.78 is 5.52. The second-order valence-electron chi connectivity index (χ2n) is 7.62. The number of hydrogen-bond acceptors (Lipinski definition) is 4. The zero-order valence-electron chi connectivity index (χ0n) is 16.1. The minimum Gasteiger partial charge on any atom is -0.376 e. The zero-order valence-corrected chi connectivity index (χ0v) is 16.1. The van der Waals surface area contributed by atoms with E-state index >= 15 is 0 Å². The van der Waals surface area contributed by atoms with Gasteiger partial charge in [-0.3, -0.25) is 14.6 Å². The number of carbonyl (C=O) groups excluding carboxylic acids is 2. The van der Waals surface area contributed by atoms with Crippen LogP contribution in [-0.4, -0.2) is 54.0 Å². The minimum absolute atomic E-state index is 0.124. The summed E-state index contributed by atoms with van der Waals surface area (Å²) in [6.07, 6.45) is 8.81. The number of amides is 2. The molecule has 1 aromatic rings. The molecule has 3 rings (SSSR count). The van der Waals surface area contributed by atoms with Crippen LogP contribution >= 0.6 is 0 Å². The van der Waals surface area contributed by atoms with Crippen LogP contribution in [0.4, 0.5) is 0 Å². The van der Waals surface area contributed by atoms with Crippen LogP contribution in [0.5, 0.6) is 0 Å². The Morgan fingerprint density at radius 2 is 2.04 bits per heavy atom. The van der Waals surface area contributed by atoms with Crippen molar-refractivity contribution in [3.05, 3.63) is 30.1 Å². The van der Waals surface area contributed by atoms with Crippen LogP contribution in [0.15, 0.2) is 24.4 Å². The van der Waals surface area contributed by atoms with E-state index in [4.69, 9.17) is 4.74 Å². The topological polar surface area (TPSA) is 71.5 Å². The fourth-order valence-corrected chi connectivity index (χ4v) is 3.87. The maximum Gasteiger partial charge on any atom is 0.222 e. The summed E-state index contributed by atoms with van der Waals surface area (Å²) >= 11 is 0. The van der Waals surface area contributed by atoms with E-state index in [9.17, 15) is 9.59 Å². The van der Waals surface area contributed by atoms with E-state index < -0.39 is 0 Å². The molecule has 6 nitrogen and oxygen atoms in total. The molecular weight excluding hydrogens is 342 g/mol. The highest BCUT2D eigenvalue weighted by Crippen LogP contribution is 2.22. The first-order chi connectivity index (χ1) is 13.2. The molecule has 2 aliphatic heterocycles. The first-order valence-corrected chi connectivity index (χ1v) is 10.3. The summed E-state index contributed by atoms with van der Waals surface area (Å²) in [7, 11) is 0. The van der Waals surface area contributed by atoms with Gasteiger partial charge < -0.3 is 15.0 Å². The lowest BCUT2D eigenvalue weighted by atomic mass is 9.92. The molecule has 3 heterocycles. The molecule has 0 aromatic carbocycles. The summed E-state index contributed by atoms with van der Waals surface area (Å²) in [5.74, 6) is 0.881. The summed E-state index contributed by atoms with van der Waals surface area (Å²) in [4.78, 5) is 30.6. The second kappa shape index (κ2) is 10.4. The van der Waals surface area contributed by atoms with E-state index in [1.807, 2.05) is 23.1 Å². The average Bonchev–Trinajstić information content (AvgIpc) is 3.24. The quantitative estimate of drug-likeness (QED) is 0.759. The molecule has 0 spiro atoms. The van der Waals surface area contributed by atoms with Crippen LogP contribution in [0.3, 0.4) is 0 Å². The molecular formula is C21H31N3O3. The number of nitrogens with one attached hydrogen (secondary N) is 1. The fourth-order valence-electron chi connectivity index (χ4n) is 3.87. The smallest absolute Gasteiger partial charge is 0.222 e. The standard InChI is InChI=1S/C21H31N3O3/c25-20(23-16-19-5-3-15-27-19)8-6-17-10-13-24(14-11-17)21(26)9-7-18-4-1-2-12-22-18/h1-2,4,12,17,19H,3,5-11,13-16H2,(H,23,25)/t19-/m0/s1. The Morgan fingerprint density at radius 3 is 2.74 bits per heavy atom. The molecule has 0 bridgehead atoms. The number of ether oxygens (including phenoxy) is 1. The Morgan fingerprint density at radius 1 is 1.19 bits per heavy atom. The number of carbonyl (C=O) groups is 2. The van der Waals surface area contributed by atoms with Crippen LogP contribution in [0.25, 0.3) is 0 Å². The van der Waals surface area contributed by atoms with Crippen LogP contribution in [0, 0.1) is 5.92 Å². The van der Waals surface area contributed by atoms with Crippen LogP contribution in [-0.2, 0) is 20.7 Å². The van der Waals surface area contributed by atoms with E-state index in [2.05, 4.69) is 10.3 Å². The Hall–Kier alpha value is -1.95. The Bertz CT molecular complexity index is 594. The molecule has 2 saturated heterocycles. The maximum atomic E-state index is 12.4. The minimum atomic E-state index is 0.124. The number of hydrogen-bond donors (Lipinski definition) is 1. The van der Waals surface area contributed by atoms with Gasteiger partial charge in [-0.05, 0) is 56.6 Å². The summed E-state index contributed by atoms with van der Waals surface area (Å²) in [5.41, 5.74) is 0.967. The van der Waals surface area contributed by atoms with Gasteiger partial charge in [0.1, 0.15) is 0 Å². The zero-order chi connectivity index (χ0) is 18.9. The molecule has 0 radical (unpaired) electrons. The molecule has 1 N–H and O–H groups in total. The summed E-state index contributed by atoms with van der Waals surface area (Å²) in [6.45, 7) is 3.08. The van der Waals surface area contributed by atoms with Gasteiger partial charge in [-0.15, -0.1) is 0 Å². The Balaban J connectivity index is 1.28. The third-order valence-corrected chi connectivity index (χ3v) is 5.62. The van der Waals surface area contributed by atoms with Crippen molar-refractivity contribution < 1.29 is 14.3 Å². The van der Waals surface area contributed by atoms with E-state index in [-0.39, 0.29) is 17.9 Å². The molecule has 2 amide bonds. The van der Waals surface area contributed by atoms with Gasteiger partial charge in [-0.25, -0.2) is 0 Å². The highest BCUT2D eigenvalue weighted by molar-refractivity contribution is 5.76. The molecule has 2 fully saturated rings. The SMILES string of the molecule is O=C(CCC1CCN(C(=O)CCc2ccccn2)CC1)NC[C@@H]1CCCO1. The predicted molar refractivity (Wildman–Crippen MR) is 103 cm³/mol. The first-order valence-electron chi connectivity index (χ1n) is 10.3. The van der Waals surface area contributed by atoms with Crippen molar-refractivity contribution in [2.75, 3.05) is 26.2 Å². The van der Waals surface area contributed by atoms with Crippen molar-refractivity contribution in [3.63, 3.8) is 0 Å². The molecule has 2 aliphatic rings. The van der Waals surface area contributed by atoms with E-state index in [1.54, 1.807) is 6.20 Å². The van der Waals surface area contributed by atoms with E-state index in [0.717, 1.165) is 57.5 Å². The van der Waals surface area contributed by atoms with E-state index in [0.29, 0.717) is 31.7 Å². The normalized spacial score (nSPS) is 20.6. The van der Waals surface area contributed by atoms with Gasteiger partial charge in [0.05, 0.1) is 6.10 Å². The number of piperidine rings is 1. The van der Waals surface area contributed by atoms with Gasteiger partial charge in [0.25, 0.3) is 0 Å². The van der Waals surface area contributed by atoms with Crippen LogP contribution in [0.1, 0.15) is 50.6 Å². The third kappa shape index (κ3) is 6.61. The van der Waals surface area contributed by atoms with Gasteiger partial charge >= 0.3 is 0 Å². The Kier molecular flexibility index (Phi) is 7.63. The monoisotopic (exact) mass is 373 g/mol. The highest BCUT2D eigenvalue weighted by atomic mass is 16.5. The summed E-state index contributed by atoms with van der Waals surface area (Å²) in [5, 5.41) is 2.99. The van der Waals surface area contributed by atoms with Gasteiger partial charge in [0.15, 0.2) is 0 Å². The lowest BCUT2D eigenvalue weighted by Crippen LogP contribution is -2.39. The van der Waals surface area contributed by atoms with Gasteiger partial charge in [-0.1, -0.05) is 6.07 Å². The second-order valence-corrected chi connectivity index (χ2v) is 7.62. The number of rotatable bonds is 8.